The molecular weight excluding hydrogens is 254 g/mol. The Morgan fingerprint density at radius 3 is 2.33 bits per heavy atom. The van der Waals surface area contributed by atoms with E-state index in [1.807, 2.05) is 0 Å². The summed E-state index contributed by atoms with van der Waals surface area (Å²) in [7, 11) is 0. The summed E-state index contributed by atoms with van der Waals surface area (Å²) < 4.78 is 26.4. The molecule has 2 aromatic carbocycles. The zero-order valence-corrected chi connectivity index (χ0v) is 10.5. The highest BCUT2D eigenvalue weighted by molar-refractivity contribution is 7.99. The minimum absolute atomic E-state index is 0.250. The van der Waals surface area contributed by atoms with Gasteiger partial charge in [0.1, 0.15) is 11.6 Å². The molecule has 0 saturated heterocycles. The van der Waals surface area contributed by atoms with Crippen LogP contribution < -0.4 is 0 Å². The molecule has 0 amide bonds. The quantitative estimate of drug-likeness (QED) is 0.899. The fraction of sp³-hybridized carbons (Fsp3) is 0.143. The minimum atomic E-state index is -0.532. The van der Waals surface area contributed by atoms with Gasteiger partial charge in [-0.2, -0.15) is 0 Å². The van der Waals surface area contributed by atoms with E-state index in [2.05, 4.69) is 0 Å². The molecule has 2 aromatic rings. The average Bonchev–Trinajstić information content (AvgIpc) is 2.34. The third kappa shape index (κ3) is 3.09. The monoisotopic (exact) mass is 266 g/mol. The lowest BCUT2D eigenvalue weighted by atomic mass is 10.1. The fourth-order valence-electron chi connectivity index (χ4n) is 1.50. The lowest BCUT2D eigenvalue weighted by Gasteiger charge is -2.07. The molecule has 0 aromatic heterocycles. The molecule has 1 atom stereocenters. The van der Waals surface area contributed by atoms with Crippen molar-refractivity contribution in [1.82, 2.24) is 0 Å². The zero-order valence-electron chi connectivity index (χ0n) is 9.73. The van der Waals surface area contributed by atoms with Crippen LogP contribution in [-0.2, 0) is 0 Å². The zero-order chi connectivity index (χ0) is 13.1. The summed E-state index contributed by atoms with van der Waals surface area (Å²) in [6.45, 7) is 1.67. The standard InChI is InChI=1S/C14H12F2OS/c1-9(17)10-2-5-12(6-3-10)18-14-8-11(15)4-7-13(14)16/h2-9,17H,1H3. The Hall–Kier alpha value is -1.39. The maximum Gasteiger partial charge on any atom is 0.137 e. The van der Waals surface area contributed by atoms with Crippen molar-refractivity contribution in [1.29, 1.82) is 0 Å². The minimum Gasteiger partial charge on any atom is -0.389 e. The van der Waals surface area contributed by atoms with Gasteiger partial charge in [0.15, 0.2) is 0 Å². The highest BCUT2D eigenvalue weighted by atomic mass is 32.2. The van der Waals surface area contributed by atoms with Crippen molar-refractivity contribution in [3.63, 3.8) is 0 Å². The van der Waals surface area contributed by atoms with Gasteiger partial charge in [-0.3, -0.25) is 0 Å². The van der Waals surface area contributed by atoms with Gasteiger partial charge in [0.25, 0.3) is 0 Å². The highest BCUT2D eigenvalue weighted by Gasteiger charge is 2.06. The average molecular weight is 266 g/mol. The van der Waals surface area contributed by atoms with Gasteiger partial charge < -0.3 is 5.11 Å². The summed E-state index contributed by atoms with van der Waals surface area (Å²) in [5.41, 5.74) is 0.791. The molecule has 0 spiro atoms. The van der Waals surface area contributed by atoms with E-state index in [1.54, 1.807) is 31.2 Å². The molecule has 18 heavy (non-hydrogen) atoms. The molecule has 0 bridgehead atoms. The van der Waals surface area contributed by atoms with Crippen LogP contribution in [0.5, 0.6) is 0 Å². The second-order valence-electron chi connectivity index (χ2n) is 3.92. The molecule has 2 rings (SSSR count). The first-order chi connectivity index (χ1) is 8.56. The largest absolute Gasteiger partial charge is 0.389 e. The van der Waals surface area contributed by atoms with Crippen molar-refractivity contribution in [3.05, 3.63) is 59.7 Å². The van der Waals surface area contributed by atoms with E-state index in [4.69, 9.17) is 0 Å². The third-order valence-corrected chi connectivity index (χ3v) is 3.52. The molecule has 0 aliphatic heterocycles. The predicted molar refractivity (Wildman–Crippen MR) is 67.6 cm³/mol. The second kappa shape index (κ2) is 5.50. The van der Waals surface area contributed by atoms with Crippen molar-refractivity contribution in [2.24, 2.45) is 0 Å². The third-order valence-electron chi connectivity index (χ3n) is 2.48. The van der Waals surface area contributed by atoms with E-state index in [0.29, 0.717) is 0 Å². The Labute approximate surface area is 108 Å². The van der Waals surface area contributed by atoms with E-state index in [1.165, 1.54) is 6.07 Å². The number of halogens is 2. The second-order valence-corrected chi connectivity index (χ2v) is 5.04. The first-order valence-corrected chi connectivity index (χ1v) is 6.29. The summed E-state index contributed by atoms with van der Waals surface area (Å²) in [6.07, 6.45) is -0.532. The number of hydrogen-bond donors (Lipinski definition) is 1. The van der Waals surface area contributed by atoms with E-state index < -0.39 is 17.7 Å². The number of aliphatic hydroxyl groups excluding tert-OH is 1. The van der Waals surface area contributed by atoms with Crippen molar-refractivity contribution in [3.8, 4) is 0 Å². The molecule has 1 unspecified atom stereocenters. The molecule has 1 N–H and O–H groups in total. The van der Waals surface area contributed by atoms with E-state index in [9.17, 15) is 13.9 Å². The Morgan fingerprint density at radius 2 is 1.72 bits per heavy atom. The van der Waals surface area contributed by atoms with Crippen LogP contribution in [0, 0.1) is 11.6 Å². The molecular formula is C14H12F2OS. The van der Waals surface area contributed by atoms with Gasteiger partial charge in [0.2, 0.25) is 0 Å². The molecule has 0 aliphatic rings. The number of rotatable bonds is 3. The summed E-state index contributed by atoms with van der Waals surface area (Å²) in [5, 5.41) is 9.37. The Bertz CT molecular complexity index is 538. The van der Waals surface area contributed by atoms with Gasteiger partial charge in [-0.1, -0.05) is 23.9 Å². The van der Waals surface area contributed by atoms with Gasteiger partial charge in [-0.25, -0.2) is 8.78 Å². The van der Waals surface area contributed by atoms with Crippen molar-refractivity contribution >= 4 is 11.8 Å². The van der Waals surface area contributed by atoms with Crippen LogP contribution in [0.3, 0.4) is 0 Å². The van der Waals surface area contributed by atoms with Crippen LogP contribution in [0.15, 0.2) is 52.3 Å². The van der Waals surface area contributed by atoms with Gasteiger partial charge in [-0.05, 0) is 42.8 Å². The molecule has 0 aliphatic carbocycles. The van der Waals surface area contributed by atoms with Crippen LogP contribution in [0.25, 0.3) is 0 Å². The summed E-state index contributed by atoms with van der Waals surface area (Å²) in [6, 6.07) is 10.5. The van der Waals surface area contributed by atoms with E-state index in [-0.39, 0.29) is 4.90 Å². The summed E-state index contributed by atoms with van der Waals surface area (Å²) >= 11 is 1.15. The topological polar surface area (TPSA) is 20.2 Å². The van der Waals surface area contributed by atoms with Crippen LogP contribution >= 0.6 is 11.8 Å². The lowest BCUT2D eigenvalue weighted by molar-refractivity contribution is 0.199. The number of benzene rings is 2. The van der Waals surface area contributed by atoms with Gasteiger partial charge in [0, 0.05) is 4.90 Å². The smallest absolute Gasteiger partial charge is 0.137 e. The van der Waals surface area contributed by atoms with Crippen molar-refractivity contribution in [2.75, 3.05) is 0 Å². The molecule has 4 heteroatoms. The Balaban J connectivity index is 2.21. The first kappa shape index (κ1) is 13.1. The van der Waals surface area contributed by atoms with Crippen LogP contribution in [-0.4, -0.2) is 5.11 Å². The predicted octanol–water partition coefficient (Wildman–Crippen LogP) is 4.17. The Kier molecular flexibility index (Phi) is 3.99. The van der Waals surface area contributed by atoms with Gasteiger partial charge in [-0.15, -0.1) is 0 Å². The van der Waals surface area contributed by atoms with Crippen LogP contribution in [0.2, 0.25) is 0 Å². The van der Waals surface area contributed by atoms with Crippen molar-refractivity contribution < 1.29 is 13.9 Å². The lowest BCUT2D eigenvalue weighted by Crippen LogP contribution is -1.90. The normalized spacial score (nSPS) is 12.4. The van der Waals surface area contributed by atoms with Crippen LogP contribution in [0.1, 0.15) is 18.6 Å². The molecule has 0 fully saturated rings. The SMILES string of the molecule is CC(O)c1ccc(Sc2cc(F)ccc2F)cc1. The maximum atomic E-state index is 13.4. The summed E-state index contributed by atoms with van der Waals surface area (Å²) in [5.74, 6) is -0.902. The number of hydrogen-bond acceptors (Lipinski definition) is 2. The maximum absolute atomic E-state index is 13.4. The summed E-state index contributed by atoms with van der Waals surface area (Å²) in [4.78, 5) is 1.05. The van der Waals surface area contributed by atoms with Gasteiger partial charge >= 0.3 is 0 Å². The van der Waals surface area contributed by atoms with Crippen LogP contribution in [0.4, 0.5) is 8.78 Å². The first-order valence-electron chi connectivity index (χ1n) is 5.47. The van der Waals surface area contributed by atoms with E-state index in [0.717, 1.165) is 34.4 Å². The van der Waals surface area contributed by atoms with E-state index >= 15 is 0 Å². The Morgan fingerprint density at radius 1 is 1.06 bits per heavy atom. The van der Waals surface area contributed by atoms with Gasteiger partial charge in [0.05, 0.1) is 11.0 Å². The molecule has 0 radical (unpaired) electrons. The highest BCUT2D eigenvalue weighted by Crippen LogP contribution is 2.31. The molecule has 1 nitrogen and oxygen atoms in total. The molecule has 94 valence electrons. The number of aliphatic hydroxyl groups is 1. The van der Waals surface area contributed by atoms with Crippen molar-refractivity contribution in [2.45, 2.75) is 22.8 Å². The molecule has 0 saturated carbocycles. The molecule has 0 heterocycles. The fourth-order valence-corrected chi connectivity index (χ4v) is 2.36.